The normalized spacial score (nSPS) is 22.4. The minimum Gasteiger partial charge on any atom is -0.497 e. The molecule has 0 bridgehead atoms. The van der Waals surface area contributed by atoms with E-state index in [0.717, 1.165) is 28.0 Å². The molecule has 2 aliphatic rings. The van der Waals surface area contributed by atoms with Crippen molar-refractivity contribution in [3.8, 4) is 5.75 Å². The maximum absolute atomic E-state index is 12.3. The number of hydrogen-bond donors (Lipinski definition) is 1. The largest absolute Gasteiger partial charge is 0.497 e. The molecule has 0 aromatic heterocycles. The molecule has 0 saturated heterocycles. The van der Waals surface area contributed by atoms with Crippen molar-refractivity contribution in [2.75, 3.05) is 7.11 Å². The molecule has 2 unspecified atom stereocenters. The van der Waals surface area contributed by atoms with Crippen LogP contribution in [0.2, 0.25) is 0 Å². The Morgan fingerprint density at radius 2 is 1.82 bits per heavy atom. The van der Waals surface area contributed by atoms with Gasteiger partial charge in [-0.05, 0) is 28.8 Å². The van der Waals surface area contributed by atoms with Gasteiger partial charge in [0.15, 0.2) is 6.10 Å². The van der Waals surface area contributed by atoms with Gasteiger partial charge in [0.2, 0.25) is 0 Å². The van der Waals surface area contributed by atoms with Crippen LogP contribution in [-0.4, -0.2) is 24.3 Å². The molecule has 2 aromatic carbocycles. The van der Waals surface area contributed by atoms with Crippen LogP contribution >= 0.6 is 0 Å². The van der Waals surface area contributed by atoms with Gasteiger partial charge >= 0.3 is 5.97 Å². The van der Waals surface area contributed by atoms with Crippen molar-refractivity contribution in [1.82, 2.24) is 0 Å². The number of methoxy groups -OCH3 is 1. The van der Waals surface area contributed by atoms with Gasteiger partial charge in [-0.3, -0.25) is 0 Å². The molecule has 0 radical (unpaired) electrons. The standard InChI is InChI=1S/C18H14O4/c1-21-11-8-6-10(7-9-11)14-15-12-4-2-3-5-13(12)16(19)17(15)22-18(14)20/h2-9,16-17,19H,1H3. The van der Waals surface area contributed by atoms with Gasteiger partial charge in [-0.2, -0.15) is 0 Å². The molecule has 0 fully saturated rings. The van der Waals surface area contributed by atoms with E-state index in [1.807, 2.05) is 36.4 Å². The lowest BCUT2D eigenvalue weighted by atomic mass is 9.96. The first-order chi connectivity index (χ1) is 10.7. The van der Waals surface area contributed by atoms with Crippen molar-refractivity contribution in [2.45, 2.75) is 12.2 Å². The topological polar surface area (TPSA) is 55.8 Å². The van der Waals surface area contributed by atoms with Gasteiger partial charge in [0.25, 0.3) is 0 Å². The molecule has 0 saturated carbocycles. The predicted octanol–water partition coefficient (Wildman–Crippen LogP) is 2.58. The first-order valence-electron chi connectivity index (χ1n) is 7.07. The summed E-state index contributed by atoms with van der Waals surface area (Å²) in [6.45, 7) is 0. The zero-order valence-electron chi connectivity index (χ0n) is 11.9. The van der Waals surface area contributed by atoms with Gasteiger partial charge in [0.05, 0.1) is 12.7 Å². The Bertz CT molecular complexity index is 789. The summed E-state index contributed by atoms with van der Waals surface area (Å²) in [5.74, 6) is 0.336. The summed E-state index contributed by atoms with van der Waals surface area (Å²) in [5.41, 5.74) is 3.76. The fraction of sp³-hybridized carbons (Fsp3) is 0.167. The minimum absolute atomic E-state index is 0.390. The summed E-state index contributed by atoms with van der Waals surface area (Å²) >= 11 is 0. The summed E-state index contributed by atoms with van der Waals surface area (Å²) in [7, 11) is 1.60. The molecule has 1 aliphatic heterocycles. The number of carbonyl (C=O) groups is 1. The highest BCUT2D eigenvalue weighted by Gasteiger charge is 2.46. The lowest BCUT2D eigenvalue weighted by Gasteiger charge is -2.11. The summed E-state index contributed by atoms with van der Waals surface area (Å²) < 4.78 is 10.6. The van der Waals surface area contributed by atoms with Crippen molar-refractivity contribution in [2.24, 2.45) is 0 Å². The van der Waals surface area contributed by atoms with E-state index in [0.29, 0.717) is 5.57 Å². The molecular formula is C18H14O4. The Kier molecular flexibility index (Phi) is 2.81. The van der Waals surface area contributed by atoms with Crippen LogP contribution in [0.1, 0.15) is 22.8 Å². The molecule has 110 valence electrons. The predicted molar refractivity (Wildman–Crippen MR) is 81.1 cm³/mol. The lowest BCUT2D eigenvalue weighted by molar-refractivity contribution is -0.141. The second kappa shape index (κ2) is 4.71. The summed E-state index contributed by atoms with van der Waals surface area (Å²) in [5, 5.41) is 10.4. The number of carbonyl (C=O) groups excluding carboxylic acids is 1. The molecule has 2 aromatic rings. The van der Waals surface area contributed by atoms with Gasteiger partial charge in [0, 0.05) is 5.57 Å². The monoisotopic (exact) mass is 294 g/mol. The van der Waals surface area contributed by atoms with Crippen LogP contribution in [0.4, 0.5) is 0 Å². The van der Waals surface area contributed by atoms with Crippen LogP contribution < -0.4 is 4.74 Å². The van der Waals surface area contributed by atoms with Crippen LogP contribution in [-0.2, 0) is 9.53 Å². The van der Waals surface area contributed by atoms with E-state index >= 15 is 0 Å². The molecular weight excluding hydrogens is 280 g/mol. The Hall–Kier alpha value is -2.59. The quantitative estimate of drug-likeness (QED) is 0.865. The number of esters is 1. The van der Waals surface area contributed by atoms with E-state index in [1.54, 1.807) is 19.2 Å². The van der Waals surface area contributed by atoms with E-state index in [1.165, 1.54) is 0 Å². The highest BCUT2D eigenvalue weighted by molar-refractivity contribution is 6.28. The fourth-order valence-electron chi connectivity index (χ4n) is 3.19. The highest BCUT2D eigenvalue weighted by atomic mass is 16.6. The molecule has 22 heavy (non-hydrogen) atoms. The van der Waals surface area contributed by atoms with Crippen LogP contribution in [0.3, 0.4) is 0 Å². The number of rotatable bonds is 2. The zero-order chi connectivity index (χ0) is 15.3. The summed E-state index contributed by atoms with van der Waals surface area (Å²) in [6, 6.07) is 14.8. The number of aliphatic hydroxyl groups is 1. The molecule has 4 heteroatoms. The molecule has 1 N–H and O–H groups in total. The Morgan fingerprint density at radius 3 is 2.55 bits per heavy atom. The first kappa shape index (κ1) is 13.1. The number of aliphatic hydroxyl groups excluding tert-OH is 1. The first-order valence-corrected chi connectivity index (χ1v) is 7.07. The average molecular weight is 294 g/mol. The zero-order valence-corrected chi connectivity index (χ0v) is 11.9. The third-order valence-corrected chi connectivity index (χ3v) is 4.23. The van der Waals surface area contributed by atoms with Crippen LogP contribution in [0, 0.1) is 0 Å². The van der Waals surface area contributed by atoms with Crippen molar-refractivity contribution >= 4 is 17.1 Å². The molecule has 1 heterocycles. The minimum atomic E-state index is -0.800. The summed E-state index contributed by atoms with van der Waals surface area (Å²) in [6.07, 6.45) is -1.41. The van der Waals surface area contributed by atoms with Gasteiger partial charge in [-0.25, -0.2) is 4.79 Å². The van der Waals surface area contributed by atoms with Gasteiger partial charge in [-0.15, -0.1) is 0 Å². The number of ether oxygens (including phenoxy) is 2. The Balaban J connectivity index is 1.92. The maximum Gasteiger partial charge on any atom is 0.339 e. The molecule has 4 rings (SSSR count). The highest BCUT2D eigenvalue weighted by Crippen LogP contribution is 2.49. The van der Waals surface area contributed by atoms with Gasteiger partial charge in [0.1, 0.15) is 11.9 Å². The van der Waals surface area contributed by atoms with E-state index in [9.17, 15) is 9.90 Å². The second-order valence-electron chi connectivity index (χ2n) is 5.38. The summed E-state index contributed by atoms with van der Waals surface area (Å²) in [4.78, 5) is 12.3. The van der Waals surface area contributed by atoms with Crippen LogP contribution in [0.25, 0.3) is 11.1 Å². The lowest BCUT2D eigenvalue weighted by Crippen LogP contribution is -2.15. The van der Waals surface area contributed by atoms with E-state index in [-0.39, 0.29) is 0 Å². The maximum atomic E-state index is 12.3. The SMILES string of the molecule is COc1ccc(C2=C3c4ccccc4C(O)C3OC2=O)cc1. The van der Waals surface area contributed by atoms with Crippen LogP contribution in [0.5, 0.6) is 5.75 Å². The van der Waals surface area contributed by atoms with Crippen molar-refractivity contribution in [3.63, 3.8) is 0 Å². The smallest absolute Gasteiger partial charge is 0.339 e. The number of fused-ring (bicyclic) bond motifs is 3. The Morgan fingerprint density at radius 1 is 1.09 bits per heavy atom. The van der Waals surface area contributed by atoms with E-state index in [2.05, 4.69) is 0 Å². The van der Waals surface area contributed by atoms with Crippen molar-refractivity contribution in [3.05, 3.63) is 65.2 Å². The molecule has 0 amide bonds. The van der Waals surface area contributed by atoms with E-state index < -0.39 is 18.2 Å². The molecule has 0 spiro atoms. The third-order valence-electron chi connectivity index (χ3n) is 4.23. The van der Waals surface area contributed by atoms with Gasteiger partial charge < -0.3 is 14.6 Å². The van der Waals surface area contributed by atoms with E-state index in [4.69, 9.17) is 9.47 Å². The second-order valence-corrected chi connectivity index (χ2v) is 5.38. The number of hydrogen-bond acceptors (Lipinski definition) is 4. The average Bonchev–Trinajstić information content (AvgIpc) is 3.03. The van der Waals surface area contributed by atoms with Gasteiger partial charge in [-0.1, -0.05) is 36.4 Å². The van der Waals surface area contributed by atoms with Crippen LogP contribution in [0.15, 0.2) is 48.5 Å². The molecule has 1 aliphatic carbocycles. The van der Waals surface area contributed by atoms with Crippen molar-refractivity contribution < 1.29 is 19.4 Å². The molecule has 4 nitrogen and oxygen atoms in total. The fourth-order valence-corrected chi connectivity index (χ4v) is 3.19. The van der Waals surface area contributed by atoms with Crippen molar-refractivity contribution in [1.29, 1.82) is 0 Å². The third kappa shape index (κ3) is 1.71. The molecule has 2 atom stereocenters. The number of benzene rings is 2. The Labute approximate surface area is 127 Å².